The molecule has 1 aliphatic rings. The zero-order valence-electron chi connectivity index (χ0n) is 17.6. The van der Waals surface area contributed by atoms with Crippen LogP contribution < -0.4 is 5.32 Å². The Morgan fingerprint density at radius 3 is 2.61 bits per heavy atom. The molecule has 1 N–H and O–H groups in total. The Morgan fingerprint density at radius 1 is 1.32 bits per heavy atom. The summed E-state index contributed by atoms with van der Waals surface area (Å²) in [5.74, 6) is 0.927. The molecule has 6 nitrogen and oxygen atoms in total. The zero-order chi connectivity index (χ0) is 20.1. The van der Waals surface area contributed by atoms with Crippen LogP contribution in [-0.4, -0.2) is 55.5 Å². The third kappa shape index (κ3) is 6.88. The fraction of sp³-hybridized carbons (Fsp3) is 0.650. The summed E-state index contributed by atoms with van der Waals surface area (Å²) in [6.07, 6.45) is 0.200. The molecule has 160 valence electrons. The minimum atomic E-state index is -3.07. The Labute approximate surface area is 187 Å². The number of hydrogen-bond donors (Lipinski definition) is 1. The van der Waals surface area contributed by atoms with E-state index in [-0.39, 0.29) is 35.8 Å². The number of aliphatic imine (C=N–C) groups is 1. The quantitative estimate of drug-likeness (QED) is 0.353. The van der Waals surface area contributed by atoms with Gasteiger partial charge in [0, 0.05) is 19.6 Å². The summed E-state index contributed by atoms with van der Waals surface area (Å²) in [5, 5.41) is 3.30. The molecule has 1 saturated heterocycles. The summed E-state index contributed by atoms with van der Waals surface area (Å²) in [6, 6.07) is 8.24. The van der Waals surface area contributed by atoms with Gasteiger partial charge in [0.05, 0.1) is 29.8 Å². The van der Waals surface area contributed by atoms with E-state index in [1.165, 1.54) is 0 Å². The maximum Gasteiger partial charge on any atom is 0.194 e. The van der Waals surface area contributed by atoms with Gasteiger partial charge in [0.25, 0.3) is 0 Å². The highest BCUT2D eigenvalue weighted by molar-refractivity contribution is 14.0. The molecule has 2 rings (SSSR count). The smallest absolute Gasteiger partial charge is 0.194 e. The lowest BCUT2D eigenvalue weighted by Gasteiger charge is -2.39. The average Bonchev–Trinajstić information content (AvgIpc) is 2.59. The van der Waals surface area contributed by atoms with Gasteiger partial charge in [0.15, 0.2) is 15.8 Å². The average molecular weight is 523 g/mol. The van der Waals surface area contributed by atoms with Crippen LogP contribution >= 0.6 is 24.0 Å². The Kier molecular flexibility index (Phi) is 9.69. The van der Waals surface area contributed by atoms with Gasteiger partial charge in [-0.15, -0.1) is 24.0 Å². The standard InChI is InChI=1S/C20H33N3O3S.HI/c1-6-21-19(23-10-11-27(24,25)20(4,5)15-23)22-13-17-8-7-9-18(12-17)14-26-16(2)3;/h7-9,12,16H,6,10-11,13-15H2,1-5H3,(H,21,22);1H. The van der Waals surface area contributed by atoms with Gasteiger partial charge in [-0.1, -0.05) is 24.3 Å². The second-order valence-electron chi connectivity index (χ2n) is 7.85. The van der Waals surface area contributed by atoms with Gasteiger partial charge < -0.3 is 15.0 Å². The topological polar surface area (TPSA) is 71.0 Å². The van der Waals surface area contributed by atoms with Crippen molar-refractivity contribution in [1.29, 1.82) is 0 Å². The van der Waals surface area contributed by atoms with E-state index in [1.54, 1.807) is 13.8 Å². The first-order chi connectivity index (χ1) is 12.6. The molecular formula is C20H34IN3O3S. The van der Waals surface area contributed by atoms with Gasteiger partial charge in [-0.05, 0) is 45.7 Å². The van der Waals surface area contributed by atoms with Crippen molar-refractivity contribution in [3.05, 3.63) is 35.4 Å². The van der Waals surface area contributed by atoms with E-state index in [4.69, 9.17) is 9.73 Å². The number of rotatable bonds is 6. The molecule has 0 aliphatic carbocycles. The van der Waals surface area contributed by atoms with Crippen molar-refractivity contribution < 1.29 is 13.2 Å². The van der Waals surface area contributed by atoms with E-state index in [9.17, 15) is 8.42 Å². The van der Waals surface area contributed by atoms with E-state index in [2.05, 4.69) is 28.4 Å². The fourth-order valence-electron chi connectivity index (χ4n) is 3.00. The lowest BCUT2D eigenvalue weighted by molar-refractivity contribution is 0.0657. The number of ether oxygens (including phenoxy) is 1. The fourth-order valence-corrected chi connectivity index (χ4v) is 4.36. The highest BCUT2D eigenvalue weighted by Crippen LogP contribution is 2.23. The first-order valence-corrected chi connectivity index (χ1v) is 11.2. The first kappa shape index (κ1) is 25.2. The Bertz CT molecular complexity index is 764. The van der Waals surface area contributed by atoms with E-state index >= 15 is 0 Å². The van der Waals surface area contributed by atoms with Gasteiger partial charge in [-0.3, -0.25) is 0 Å². The number of guanidine groups is 1. The minimum absolute atomic E-state index is 0. The van der Waals surface area contributed by atoms with Crippen molar-refractivity contribution in [2.24, 2.45) is 4.99 Å². The molecule has 0 spiro atoms. The van der Waals surface area contributed by atoms with Gasteiger partial charge in [-0.25, -0.2) is 13.4 Å². The lowest BCUT2D eigenvalue weighted by Crippen LogP contribution is -2.57. The molecule has 0 aromatic heterocycles. The minimum Gasteiger partial charge on any atom is -0.374 e. The van der Waals surface area contributed by atoms with Crippen LogP contribution in [0.5, 0.6) is 0 Å². The van der Waals surface area contributed by atoms with Crippen molar-refractivity contribution in [3.63, 3.8) is 0 Å². The number of nitrogens with zero attached hydrogens (tertiary/aromatic N) is 2. The molecule has 0 unspecified atom stereocenters. The zero-order valence-corrected chi connectivity index (χ0v) is 20.7. The molecule has 1 heterocycles. The van der Waals surface area contributed by atoms with Crippen LogP contribution in [0.25, 0.3) is 0 Å². The Balaban J connectivity index is 0.00000392. The first-order valence-electron chi connectivity index (χ1n) is 9.59. The summed E-state index contributed by atoms with van der Waals surface area (Å²) in [5.41, 5.74) is 2.24. The number of benzene rings is 1. The van der Waals surface area contributed by atoms with Crippen molar-refractivity contribution >= 4 is 39.8 Å². The van der Waals surface area contributed by atoms with E-state index in [1.807, 2.05) is 26.8 Å². The van der Waals surface area contributed by atoms with Crippen LogP contribution in [0.2, 0.25) is 0 Å². The second-order valence-corrected chi connectivity index (χ2v) is 10.6. The molecule has 0 radical (unpaired) electrons. The summed E-state index contributed by atoms with van der Waals surface area (Å²) in [7, 11) is -3.07. The monoisotopic (exact) mass is 523 g/mol. The van der Waals surface area contributed by atoms with Gasteiger partial charge >= 0.3 is 0 Å². The SMILES string of the molecule is CCNC(=NCc1cccc(COC(C)C)c1)N1CCS(=O)(=O)C(C)(C)C1.I. The van der Waals surface area contributed by atoms with Gasteiger partial charge in [-0.2, -0.15) is 0 Å². The number of hydrogen-bond acceptors (Lipinski definition) is 4. The van der Waals surface area contributed by atoms with Crippen molar-refractivity contribution in [2.75, 3.05) is 25.4 Å². The molecular weight excluding hydrogens is 489 g/mol. The highest BCUT2D eigenvalue weighted by atomic mass is 127. The molecule has 1 aromatic rings. The van der Waals surface area contributed by atoms with Crippen molar-refractivity contribution in [2.45, 2.75) is 58.6 Å². The highest BCUT2D eigenvalue weighted by Gasteiger charge is 2.40. The molecule has 1 aliphatic heterocycles. The van der Waals surface area contributed by atoms with Gasteiger partial charge in [0.2, 0.25) is 0 Å². The maximum absolute atomic E-state index is 12.3. The van der Waals surface area contributed by atoms with E-state index < -0.39 is 14.6 Å². The summed E-state index contributed by atoms with van der Waals surface area (Å²) < 4.78 is 29.4. The maximum atomic E-state index is 12.3. The molecule has 0 saturated carbocycles. The van der Waals surface area contributed by atoms with Crippen LogP contribution in [0, 0.1) is 0 Å². The van der Waals surface area contributed by atoms with Crippen LogP contribution in [0.3, 0.4) is 0 Å². The summed E-state index contributed by atoms with van der Waals surface area (Å²) in [6.45, 7) is 12.4. The largest absolute Gasteiger partial charge is 0.374 e. The van der Waals surface area contributed by atoms with Crippen LogP contribution in [0.1, 0.15) is 45.7 Å². The molecule has 0 atom stereocenters. The number of halogens is 1. The molecule has 0 bridgehead atoms. The third-order valence-electron chi connectivity index (χ3n) is 4.66. The molecule has 1 fully saturated rings. The number of nitrogens with one attached hydrogen (secondary N) is 1. The lowest BCUT2D eigenvalue weighted by atomic mass is 10.1. The van der Waals surface area contributed by atoms with Crippen LogP contribution in [0.15, 0.2) is 29.3 Å². The van der Waals surface area contributed by atoms with E-state index in [0.717, 1.165) is 23.6 Å². The predicted molar refractivity (Wildman–Crippen MR) is 126 cm³/mol. The summed E-state index contributed by atoms with van der Waals surface area (Å²) >= 11 is 0. The summed E-state index contributed by atoms with van der Waals surface area (Å²) in [4.78, 5) is 6.80. The van der Waals surface area contributed by atoms with Crippen molar-refractivity contribution in [3.8, 4) is 0 Å². The van der Waals surface area contributed by atoms with Crippen molar-refractivity contribution in [1.82, 2.24) is 10.2 Å². The van der Waals surface area contributed by atoms with E-state index in [0.29, 0.717) is 26.2 Å². The predicted octanol–water partition coefficient (Wildman–Crippen LogP) is 3.20. The second kappa shape index (κ2) is 10.8. The third-order valence-corrected chi connectivity index (χ3v) is 7.20. The molecule has 1 aromatic carbocycles. The molecule has 8 heteroatoms. The van der Waals surface area contributed by atoms with Crippen LogP contribution in [0.4, 0.5) is 0 Å². The van der Waals surface area contributed by atoms with Crippen LogP contribution in [-0.2, 0) is 27.7 Å². The normalized spacial score (nSPS) is 18.6. The molecule has 0 amide bonds. The van der Waals surface area contributed by atoms with Gasteiger partial charge in [0.1, 0.15) is 0 Å². The Morgan fingerprint density at radius 2 is 2.00 bits per heavy atom. The number of sulfone groups is 1. The Hall–Kier alpha value is -0.870. The molecule has 28 heavy (non-hydrogen) atoms.